The van der Waals surface area contributed by atoms with Crippen molar-refractivity contribution in [3.8, 4) is 11.5 Å². The van der Waals surface area contributed by atoms with Crippen LogP contribution < -0.4 is 9.47 Å². The van der Waals surface area contributed by atoms with Crippen LogP contribution in [-0.4, -0.2) is 20.0 Å². The average molecular weight is 492 g/mol. The van der Waals surface area contributed by atoms with Crippen molar-refractivity contribution in [3.63, 3.8) is 0 Å². The predicted molar refractivity (Wildman–Crippen MR) is 116 cm³/mol. The fraction of sp³-hybridized carbons (Fsp3) is 0.227. The predicted octanol–water partition coefficient (Wildman–Crippen LogP) is 6.45. The highest BCUT2D eigenvalue weighted by atomic mass is 79.9. The van der Waals surface area contributed by atoms with Gasteiger partial charge in [-0.05, 0) is 98.7 Å². The minimum Gasteiger partial charge on any atom is -0.496 e. The molecule has 0 spiro atoms. The monoisotopic (exact) mass is 490 g/mol. The van der Waals surface area contributed by atoms with Crippen molar-refractivity contribution >= 4 is 49.8 Å². The van der Waals surface area contributed by atoms with Crippen molar-refractivity contribution in [2.75, 3.05) is 14.2 Å². The number of methoxy groups -OCH3 is 2. The average Bonchev–Trinajstić information content (AvgIpc) is 2.65. The Labute approximate surface area is 176 Å². The van der Waals surface area contributed by atoms with E-state index in [4.69, 9.17) is 9.47 Å². The van der Waals surface area contributed by atoms with Gasteiger partial charge in [-0.2, -0.15) is 0 Å². The lowest BCUT2D eigenvalue weighted by molar-refractivity contribution is -0.112. The molecule has 1 aliphatic rings. The first-order valence-electron chi connectivity index (χ1n) is 8.64. The van der Waals surface area contributed by atoms with Gasteiger partial charge in [-0.15, -0.1) is 0 Å². The number of benzene rings is 2. The second kappa shape index (κ2) is 8.89. The first kappa shape index (κ1) is 19.9. The molecule has 0 atom stereocenters. The number of hydrogen-bond donors (Lipinski definition) is 0. The van der Waals surface area contributed by atoms with E-state index in [1.54, 1.807) is 14.2 Å². The molecule has 0 amide bonds. The van der Waals surface area contributed by atoms with E-state index in [2.05, 4.69) is 31.9 Å². The molecule has 2 aromatic rings. The van der Waals surface area contributed by atoms with Crippen molar-refractivity contribution in [1.82, 2.24) is 0 Å². The molecule has 3 nitrogen and oxygen atoms in total. The fourth-order valence-electron chi connectivity index (χ4n) is 3.13. The van der Waals surface area contributed by atoms with Crippen LogP contribution in [0.25, 0.3) is 12.2 Å². The van der Waals surface area contributed by atoms with Crippen LogP contribution in [0.15, 0.2) is 56.5 Å². The molecule has 27 heavy (non-hydrogen) atoms. The molecule has 0 N–H and O–H groups in total. The lowest BCUT2D eigenvalue weighted by Gasteiger charge is -2.17. The van der Waals surface area contributed by atoms with Gasteiger partial charge in [-0.25, -0.2) is 0 Å². The molecule has 1 aliphatic carbocycles. The number of rotatable bonds is 4. The Kier molecular flexibility index (Phi) is 6.55. The third-order valence-corrected chi connectivity index (χ3v) is 5.75. The highest BCUT2D eigenvalue weighted by Crippen LogP contribution is 2.32. The zero-order chi connectivity index (χ0) is 19.4. The molecule has 2 aromatic carbocycles. The summed E-state index contributed by atoms with van der Waals surface area (Å²) in [5.41, 5.74) is 3.66. The topological polar surface area (TPSA) is 35.5 Å². The summed E-state index contributed by atoms with van der Waals surface area (Å²) < 4.78 is 12.3. The van der Waals surface area contributed by atoms with Crippen LogP contribution >= 0.6 is 31.9 Å². The van der Waals surface area contributed by atoms with Crippen LogP contribution in [0.3, 0.4) is 0 Å². The number of carbonyl (C=O) groups excluding carboxylic acids is 1. The van der Waals surface area contributed by atoms with Crippen molar-refractivity contribution in [2.24, 2.45) is 0 Å². The van der Waals surface area contributed by atoms with Crippen LogP contribution in [0.4, 0.5) is 0 Å². The normalized spacial score (nSPS) is 17.4. The molecule has 0 heterocycles. The number of ether oxygens (including phenoxy) is 2. The number of hydrogen-bond acceptors (Lipinski definition) is 3. The molecule has 1 fully saturated rings. The number of Topliss-reactive ketones (excluding diaryl/α,β-unsaturated/α-hetero) is 1. The van der Waals surface area contributed by atoms with Gasteiger partial charge in [0.05, 0.1) is 23.2 Å². The van der Waals surface area contributed by atoms with E-state index in [1.165, 1.54) is 0 Å². The quantitative estimate of drug-likeness (QED) is 0.461. The standard InChI is InChI=1S/C22H20Br2O3/c1-26-20-8-6-14(12-18(20)23)10-16-4-3-5-17(22(16)25)11-15-7-9-21(27-2)19(24)13-15/h6-13H,3-5H2,1-2H3/b16-10+,17-11+. The van der Waals surface area contributed by atoms with Crippen molar-refractivity contribution in [3.05, 3.63) is 67.6 Å². The van der Waals surface area contributed by atoms with Crippen LogP contribution in [-0.2, 0) is 4.79 Å². The summed E-state index contributed by atoms with van der Waals surface area (Å²) in [4.78, 5) is 12.9. The van der Waals surface area contributed by atoms with E-state index < -0.39 is 0 Å². The third-order valence-electron chi connectivity index (χ3n) is 4.51. The molecule has 0 radical (unpaired) electrons. The van der Waals surface area contributed by atoms with Gasteiger partial charge in [0.15, 0.2) is 5.78 Å². The van der Waals surface area contributed by atoms with Gasteiger partial charge in [-0.3, -0.25) is 4.79 Å². The minimum absolute atomic E-state index is 0.125. The number of ketones is 1. The summed E-state index contributed by atoms with van der Waals surface area (Å²) in [6, 6.07) is 11.7. The Morgan fingerprint density at radius 3 is 1.63 bits per heavy atom. The summed E-state index contributed by atoms with van der Waals surface area (Å²) >= 11 is 6.99. The molecule has 140 valence electrons. The second-order valence-electron chi connectivity index (χ2n) is 6.31. The largest absolute Gasteiger partial charge is 0.496 e. The van der Waals surface area contributed by atoms with Crippen molar-refractivity contribution < 1.29 is 14.3 Å². The lowest BCUT2D eigenvalue weighted by Crippen LogP contribution is -2.12. The molecular weight excluding hydrogens is 472 g/mol. The molecule has 0 bridgehead atoms. The van der Waals surface area contributed by atoms with Gasteiger partial charge in [0, 0.05) is 11.1 Å². The molecule has 5 heteroatoms. The van der Waals surface area contributed by atoms with Gasteiger partial charge < -0.3 is 9.47 Å². The van der Waals surface area contributed by atoms with Gasteiger partial charge in [0.1, 0.15) is 11.5 Å². The van der Waals surface area contributed by atoms with E-state index in [0.29, 0.717) is 0 Å². The Morgan fingerprint density at radius 2 is 1.26 bits per heavy atom. The Bertz CT molecular complexity index is 856. The van der Waals surface area contributed by atoms with E-state index in [1.807, 2.05) is 48.6 Å². The van der Waals surface area contributed by atoms with Crippen LogP contribution in [0.2, 0.25) is 0 Å². The second-order valence-corrected chi connectivity index (χ2v) is 8.02. The maximum absolute atomic E-state index is 12.9. The molecule has 0 aromatic heterocycles. The van der Waals surface area contributed by atoms with Gasteiger partial charge in [-0.1, -0.05) is 12.1 Å². The van der Waals surface area contributed by atoms with Gasteiger partial charge in [0.2, 0.25) is 0 Å². The fourth-order valence-corrected chi connectivity index (χ4v) is 4.24. The summed E-state index contributed by atoms with van der Waals surface area (Å²) in [7, 11) is 3.27. The van der Waals surface area contributed by atoms with E-state index >= 15 is 0 Å². The zero-order valence-corrected chi connectivity index (χ0v) is 18.4. The number of halogens is 2. The van der Waals surface area contributed by atoms with Crippen LogP contribution in [0.5, 0.6) is 11.5 Å². The molecule has 3 rings (SSSR count). The molecule has 1 saturated carbocycles. The van der Waals surface area contributed by atoms with Crippen molar-refractivity contribution in [2.45, 2.75) is 19.3 Å². The summed E-state index contributed by atoms with van der Waals surface area (Å²) in [5.74, 6) is 1.68. The first-order chi connectivity index (χ1) is 13.0. The van der Waals surface area contributed by atoms with Gasteiger partial charge >= 0.3 is 0 Å². The maximum atomic E-state index is 12.9. The van der Waals surface area contributed by atoms with Gasteiger partial charge in [0.25, 0.3) is 0 Å². The Hall–Kier alpha value is -1.85. The Morgan fingerprint density at radius 1 is 0.815 bits per heavy atom. The smallest absolute Gasteiger partial charge is 0.185 e. The number of allylic oxidation sites excluding steroid dienone is 2. The number of carbonyl (C=O) groups is 1. The first-order valence-corrected chi connectivity index (χ1v) is 10.2. The molecular formula is C22H20Br2O3. The van der Waals surface area contributed by atoms with Crippen LogP contribution in [0, 0.1) is 0 Å². The van der Waals surface area contributed by atoms with Crippen molar-refractivity contribution in [1.29, 1.82) is 0 Å². The lowest BCUT2D eigenvalue weighted by atomic mass is 9.87. The van der Waals surface area contributed by atoms with E-state index in [-0.39, 0.29) is 5.78 Å². The Balaban J connectivity index is 1.87. The van der Waals surface area contributed by atoms with Crippen LogP contribution in [0.1, 0.15) is 30.4 Å². The molecule has 0 unspecified atom stereocenters. The highest BCUT2D eigenvalue weighted by molar-refractivity contribution is 9.10. The SMILES string of the molecule is COc1ccc(/C=C2\CCC/C(=C\c3ccc(OC)c(Br)c3)C2=O)cc1Br. The zero-order valence-electron chi connectivity index (χ0n) is 15.2. The summed E-state index contributed by atoms with van der Waals surface area (Å²) in [6.07, 6.45) is 6.52. The summed E-state index contributed by atoms with van der Waals surface area (Å²) in [5, 5.41) is 0. The summed E-state index contributed by atoms with van der Waals surface area (Å²) in [6.45, 7) is 0. The minimum atomic E-state index is 0.125. The maximum Gasteiger partial charge on any atom is 0.185 e. The van der Waals surface area contributed by atoms with E-state index in [0.717, 1.165) is 62.0 Å². The highest BCUT2D eigenvalue weighted by Gasteiger charge is 2.20. The third kappa shape index (κ3) is 4.71. The van der Waals surface area contributed by atoms with E-state index in [9.17, 15) is 4.79 Å². The molecule has 0 aliphatic heterocycles. The molecule has 0 saturated heterocycles.